The predicted molar refractivity (Wildman–Crippen MR) is 94.6 cm³/mol. The summed E-state index contributed by atoms with van der Waals surface area (Å²) in [5.41, 5.74) is 1.33. The molecule has 110 valence electrons. The SMILES string of the molecule is CN(CC1CCCC1)C1=NCC(c2ccccc2)N1.I. The molecule has 1 N–H and O–H groups in total. The van der Waals surface area contributed by atoms with Crippen LogP contribution in [-0.4, -0.2) is 31.0 Å². The van der Waals surface area contributed by atoms with E-state index in [1.54, 1.807) is 0 Å². The maximum absolute atomic E-state index is 4.67. The van der Waals surface area contributed by atoms with Gasteiger partial charge in [-0.2, -0.15) is 0 Å². The minimum Gasteiger partial charge on any atom is -0.348 e. The van der Waals surface area contributed by atoms with Gasteiger partial charge in [-0.25, -0.2) is 0 Å². The monoisotopic (exact) mass is 385 g/mol. The van der Waals surface area contributed by atoms with Crippen molar-refractivity contribution in [3.05, 3.63) is 35.9 Å². The Morgan fingerprint density at radius 3 is 2.60 bits per heavy atom. The van der Waals surface area contributed by atoms with E-state index in [2.05, 4.69) is 52.6 Å². The number of aliphatic imine (C=N–C) groups is 1. The van der Waals surface area contributed by atoms with E-state index in [0.29, 0.717) is 6.04 Å². The fraction of sp³-hybridized carbons (Fsp3) is 0.562. The van der Waals surface area contributed by atoms with E-state index in [9.17, 15) is 0 Å². The summed E-state index contributed by atoms with van der Waals surface area (Å²) in [4.78, 5) is 6.97. The second-order valence-electron chi connectivity index (χ2n) is 5.80. The maximum Gasteiger partial charge on any atom is 0.194 e. The lowest BCUT2D eigenvalue weighted by Gasteiger charge is -2.24. The van der Waals surface area contributed by atoms with E-state index in [1.807, 2.05) is 0 Å². The van der Waals surface area contributed by atoms with Crippen LogP contribution < -0.4 is 5.32 Å². The first kappa shape index (κ1) is 15.6. The lowest BCUT2D eigenvalue weighted by atomic mass is 10.1. The Hall–Kier alpha value is -0.780. The highest BCUT2D eigenvalue weighted by Crippen LogP contribution is 2.26. The van der Waals surface area contributed by atoms with Crippen LogP contribution in [0.25, 0.3) is 0 Å². The average molecular weight is 385 g/mol. The molecular weight excluding hydrogens is 361 g/mol. The van der Waals surface area contributed by atoms with Gasteiger partial charge in [-0.05, 0) is 24.3 Å². The summed E-state index contributed by atoms with van der Waals surface area (Å²) in [7, 11) is 2.16. The van der Waals surface area contributed by atoms with Gasteiger partial charge in [-0.3, -0.25) is 4.99 Å². The van der Waals surface area contributed by atoms with Gasteiger partial charge in [-0.1, -0.05) is 43.2 Å². The molecule has 4 heteroatoms. The molecule has 1 unspecified atom stereocenters. The molecule has 0 spiro atoms. The van der Waals surface area contributed by atoms with Crippen molar-refractivity contribution in [2.45, 2.75) is 31.7 Å². The zero-order chi connectivity index (χ0) is 13.1. The van der Waals surface area contributed by atoms with Gasteiger partial charge >= 0.3 is 0 Å². The van der Waals surface area contributed by atoms with Crippen LogP contribution in [0, 0.1) is 5.92 Å². The number of nitrogens with one attached hydrogen (secondary N) is 1. The van der Waals surface area contributed by atoms with Crippen molar-refractivity contribution in [2.24, 2.45) is 10.9 Å². The summed E-state index contributed by atoms with van der Waals surface area (Å²) < 4.78 is 0. The van der Waals surface area contributed by atoms with Crippen molar-refractivity contribution in [1.82, 2.24) is 10.2 Å². The number of guanidine groups is 1. The van der Waals surface area contributed by atoms with Gasteiger partial charge in [0, 0.05) is 13.6 Å². The molecule has 1 aromatic carbocycles. The largest absolute Gasteiger partial charge is 0.348 e. The third-order valence-corrected chi connectivity index (χ3v) is 4.30. The molecule has 20 heavy (non-hydrogen) atoms. The molecule has 1 aliphatic heterocycles. The average Bonchev–Trinajstić information content (AvgIpc) is 3.10. The zero-order valence-corrected chi connectivity index (χ0v) is 14.4. The molecule has 3 rings (SSSR count). The van der Waals surface area contributed by atoms with Crippen LogP contribution >= 0.6 is 24.0 Å². The number of hydrogen-bond donors (Lipinski definition) is 1. The topological polar surface area (TPSA) is 27.6 Å². The first-order valence-electron chi connectivity index (χ1n) is 7.40. The summed E-state index contributed by atoms with van der Waals surface area (Å²) in [5.74, 6) is 1.94. The summed E-state index contributed by atoms with van der Waals surface area (Å²) in [6.45, 7) is 2.00. The van der Waals surface area contributed by atoms with Gasteiger partial charge in [0.2, 0.25) is 0 Å². The molecule has 0 saturated heterocycles. The molecule has 1 atom stereocenters. The van der Waals surface area contributed by atoms with Gasteiger partial charge in [0.15, 0.2) is 5.96 Å². The van der Waals surface area contributed by atoms with Gasteiger partial charge in [0.05, 0.1) is 12.6 Å². The van der Waals surface area contributed by atoms with E-state index in [-0.39, 0.29) is 24.0 Å². The smallest absolute Gasteiger partial charge is 0.194 e. The van der Waals surface area contributed by atoms with Crippen molar-refractivity contribution in [3.63, 3.8) is 0 Å². The number of halogens is 1. The lowest BCUT2D eigenvalue weighted by molar-refractivity contribution is 0.380. The summed E-state index contributed by atoms with van der Waals surface area (Å²) in [6, 6.07) is 10.9. The van der Waals surface area contributed by atoms with E-state index in [0.717, 1.165) is 25.0 Å². The Kier molecular flexibility index (Phi) is 5.69. The summed E-state index contributed by atoms with van der Waals surface area (Å²) in [5, 5.41) is 3.56. The molecular formula is C16H24IN3. The quantitative estimate of drug-likeness (QED) is 0.808. The summed E-state index contributed by atoms with van der Waals surface area (Å²) in [6.07, 6.45) is 5.59. The Morgan fingerprint density at radius 1 is 1.20 bits per heavy atom. The molecule has 0 bridgehead atoms. The van der Waals surface area contributed by atoms with Crippen molar-refractivity contribution >= 4 is 29.9 Å². The molecule has 2 aliphatic rings. The molecule has 0 amide bonds. The maximum atomic E-state index is 4.67. The lowest BCUT2D eigenvalue weighted by Crippen LogP contribution is -2.39. The van der Waals surface area contributed by atoms with Crippen LogP contribution in [0.15, 0.2) is 35.3 Å². The Balaban J connectivity index is 0.00000147. The van der Waals surface area contributed by atoms with Crippen molar-refractivity contribution in [3.8, 4) is 0 Å². The molecule has 1 heterocycles. The highest BCUT2D eigenvalue weighted by Gasteiger charge is 2.24. The standard InChI is InChI=1S/C16H23N3.HI/c1-19(12-13-7-5-6-8-13)16-17-11-15(18-16)14-9-3-2-4-10-14;/h2-4,9-10,13,15H,5-8,11-12H2,1H3,(H,17,18);1H. The number of benzene rings is 1. The minimum atomic E-state index is 0. The van der Waals surface area contributed by atoms with Gasteiger partial charge in [0.1, 0.15) is 0 Å². The fourth-order valence-electron chi connectivity index (χ4n) is 3.20. The predicted octanol–water partition coefficient (Wildman–Crippen LogP) is 3.43. The van der Waals surface area contributed by atoms with Crippen LogP contribution in [0.4, 0.5) is 0 Å². The van der Waals surface area contributed by atoms with Gasteiger partial charge in [-0.15, -0.1) is 24.0 Å². The number of hydrogen-bond acceptors (Lipinski definition) is 3. The van der Waals surface area contributed by atoms with E-state index in [4.69, 9.17) is 0 Å². The highest BCUT2D eigenvalue weighted by atomic mass is 127. The normalized spacial score (nSPS) is 22.1. The third kappa shape index (κ3) is 3.65. The molecule has 3 nitrogen and oxygen atoms in total. The molecule has 1 fully saturated rings. The van der Waals surface area contributed by atoms with Crippen LogP contribution in [-0.2, 0) is 0 Å². The minimum absolute atomic E-state index is 0. The van der Waals surface area contributed by atoms with Gasteiger partial charge < -0.3 is 10.2 Å². The van der Waals surface area contributed by atoms with Crippen LogP contribution in [0.5, 0.6) is 0 Å². The molecule has 0 aromatic heterocycles. The van der Waals surface area contributed by atoms with E-state index < -0.39 is 0 Å². The summed E-state index contributed by atoms with van der Waals surface area (Å²) >= 11 is 0. The van der Waals surface area contributed by atoms with Crippen LogP contribution in [0.3, 0.4) is 0 Å². The second-order valence-corrected chi connectivity index (χ2v) is 5.80. The van der Waals surface area contributed by atoms with E-state index in [1.165, 1.54) is 31.2 Å². The van der Waals surface area contributed by atoms with E-state index >= 15 is 0 Å². The molecule has 0 radical (unpaired) electrons. The first-order chi connectivity index (χ1) is 9.33. The number of rotatable bonds is 3. The number of nitrogens with zero attached hydrogens (tertiary/aromatic N) is 2. The van der Waals surface area contributed by atoms with Crippen LogP contribution in [0.2, 0.25) is 0 Å². The van der Waals surface area contributed by atoms with Gasteiger partial charge in [0.25, 0.3) is 0 Å². The van der Waals surface area contributed by atoms with Crippen molar-refractivity contribution in [2.75, 3.05) is 20.1 Å². The molecule has 1 aromatic rings. The Bertz CT molecular complexity index is 440. The van der Waals surface area contributed by atoms with Crippen LogP contribution in [0.1, 0.15) is 37.3 Å². The van der Waals surface area contributed by atoms with Crippen molar-refractivity contribution < 1.29 is 0 Å². The second kappa shape index (κ2) is 7.29. The Morgan fingerprint density at radius 2 is 1.90 bits per heavy atom. The Labute approximate surface area is 138 Å². The zero-order valence-electron chi connectivity index (χ0n) is 12.1. The first-order valence-corrected chi connectivity index (χ1v) is 7.40. The fourth-order valence-corrected chi connectivity index (χ4v) is 3.20. The molecule has 1 saturated carbocycles. The van der Waals surface area contributed by atoms with Crippen molar-refractivity contribution in [1.29, 1.82) is 0 Å². The molecule has 1 aliphatic carbocycles. The highest BCUT2D eigenvalue weighted by molar-refractivity contribution is 14.0. The third-order valence-electron chi connectivity index (χ3n) is 4.30.